The summed E-state index contributed by atoms with van der Waals surface area (Å²) < 4.78 is 24.0. The molecule has 2 amide bonds. The average molecular weight is 454 g/mol. The van der Waals surface area contributed by atoms with E-state index in [4.69, 9.17) is 14.5 Å². The van der Waals surface area contributed by atoms with E-state index in [9.17, 15) is 14.0 Å². The minimum atomic E-state index is -0.749. The van der Waals surface area contributed by atoms with E-state index in [0.717, 1.165) is 25.7 Å². The van der Waals surface area contributed by atoms with Gasteiger partial charge in [-0.25, -0.2) is 4.39 Å². The van der Waals surface area contributed by atoms with E-state index in [2.05, 4.69) is 5.32 Å². The van der Waals surface area contributed by atoms with Crippen molar-refractivity contribution in [2.24, 2.45) is 4.99 Å². The zero-order valence-electron chi connectivity index (χ0n) is 18.9. The molecule has 2 aromatic rings. The Morgan fingerprint density at radius 1 is 1.03 bits per heavy atom. The smallest absolute Gasteiger partial charge is 0.275 e. The van der Waals surface area contributed by atoms with E-state index in [1.807, 2.05) is 0 Å². The Labute approximate surface area is 192 Å². The summed E-state index contributed by atoms with van der Waals surface area (Å²) in [5.74, 6) is 0.0757. The first kappa shape index (κ1) is 22.8. The summed E-state index contributed by atoms with van der Waals surface area (Å²) in [6.45, 7) is -0.132. The van der Waals surface area contributed by atoms with Gasteiger partial charge in [-0.15, -0.1) is 0 Å². The predicted octanol–water partition coefficient (Wildman–Crippen LogP) is 4.16. The Morgan fingerprint density at radius 2 is 1.64 bits per heavy atom. The van der Waals surface area contributed by atoms with Crippen molar-refractivity contribution in [2.75, 3.05) is 26.1 Å². The topological polar surface area (TPSA) is 80.2 Å². The number of aliphatic imine (C=N–C) groups is 1. The Balaban J connectivity index is 1.59. The molecule has 33 heavy (non-hydrogen) atoms. The number of benzene rings is 2. The minimum absolute atomic E-state index is 0.132. The summed E-state index contributed by atoms with van der Waals surface area (Å²) in [7, 11) is 3.07. The molecule has 0 unspecified atom stereocenters. The third-order valence-electron chi connectivity index (χ3n) is 6.23. The standard InChI is InChI=1S/C25H28FN3O4/c1-32-20-13-19(14-21(15-20)33-2)27-22(30)16-29-24(31)23(17-7-9-18(26)10-8-17)28-25(29)11-5-3-4-6-12-25/h7-10,13-15H,3-6,11-12,16H2,1-2H3,(H,27,30). The Bertz CT molecular complexity index is 1040. The number of methoxy groups -OCH3 is 2. The van der Waals surface area contributed by atoms with Crippen molar-refractivity contribution in [3.05, 3.63) is 53.8 Å². The average Bonchev–Trinajstić information content (AvgIpc) is 2.96. The highest BCUT2D eigenvalue weighted by atomic mass is 19.1. The van der Waals surface area contributed by atoms with E-state index < -0.39 is 5.66 Å². The lowest BCUT2D eigenvalue weighted by atomic mass is 10.00. The fourth-order valence-electron chi connectivity index (χ4n) is 4.55. The second-order valence-electron chi connectivity index (χ2n) is 8.40. The van der Waals surface area contributed by atoms with E-state index in [0.29, 0.717) is 35.6 Å². The number of hydrogen-bond acceptors (Lipinski definition) is 5. The molecule has 8 heteroatoms. The predicted molar refractivity (Wildman–Crippen MR) is 123 cm³/mol. The minimum Gasteiger partial charge on any atom is -0.497 e. The van der Waals surface area contributed by atoms with E-state index >= 15 is 0 Å². The number of nitrogens with one attached hydrogen (secondary N) is 1. The van der Waals surface area contributed by atoms with Crippen molar-refractivity contribution < 1.29 is 23.5 Å². The zero-order chi connectivity index (χ0) is 23.4. The molecule has 2 aliphatic rings. The van der Waals surface area contributed by atoms with Gasteiger partial charge in [-0.2, -0.15) is 0 Å². The lowest BCUT2D eigenvalue weighted by Gasteiger charge is -2.35. The second-order valence-corrected chi connectivity index (χ2v) is 8.40. The molecule has 0 bridgehead atoms. The number of halogens is 1. The number of hydrogen-bond donors (Lipinski definition) is 1. The maximum absolute atomic E-state index is 13.4. The van der Waals surface area contributed by atoms with Crippen LogP contribution < -0.4 is 14.8 Å². The van der Waals surface area contributed by atoms with Crippen molar-refractivity contribution in [1.29, 1.82) is 0 Å². The molecule has 0 saturated heterocycles. The van der Waals surface area contributed by atoms with Crippen LogP contribution in [-0.2, 0) is 9.59 Å². The quantitative estimate of drug-likeness (QED) is 0.712. The van der Waals surface area contributed by atoms with E-state index in [1.165, 1.54) is 26.4 Å². The first-order valence-electron chi connectivity index (χ1n) is 11.1. The van der Waals surface area contributed by atoms with Gasteiger partial charge in [-0.05, 0) is 49.9 Å². The van der Waals surface area contributed by atoms with Gasteiger partial charge in [0.25, 0.3) is 5.91 Å². The van der Waals surface area contributed by atoms with Gasteiger partial charge in [0.1, 0.15) is 35.2 Å². The maximum Gasteiger partial charge on any atom is 0.275 e. The first-order chi connectivity index (χ1) is 15.9. The van der Waals surface area contributed by atoms with Crippen molar-refractivity contribution in [3.8, 4) is 11.5 Å². The zero-order valence-corrected chi connectivity index (χ0v) is 18.9. The molecular weight excluding hydrogens is 425 g/mol. The molecule has 7 nitrogen and oxygen atoms in total. The van der Waals surface area contributed by atoms with Gasteiger partial charge >= 0.3 is 0 Å². The summed E-state index contributed by atoms with van der Waals surface area (Å²) >= 11 is 0. The van der Waals surface area contributed by atoms with Crippen LogP contribution in [0.25, 0.3) is 0 Å². The van der Waals surface area contributed by atoms with Crippen molar-refractivity contribution in [2.45, 2.75) is 44.2 Å². The number of carbonyl (C=O) groups excluding carboxylic acids is 2. The highest BCUT2D eigenvalue weighted by Crippen LogP contribution is 2.38. The van der Waals surface area contributed by atoms with Gasteiger partial charge in [0.2, 0.25) is 5.91 Å². The Kier molecular flexibility index (Phi) is 6.62. The van der Waals surface area contributed by atoms with Crippen LogP contribution in [0.1, 0.15) is 44.1 Å². The molecule has 1 N–H and O–H groups in total. The molecule has 2 aromatic carbocycles. The van der Waals surface area contributed by atoms with Crippen LogP contribution in [0.3, 0.4) is 0 Å². The van der Waals surface area contributed by atoms with Crippen LogP contribution in [0.2, 0.25) is 0 Å². The summed E-state index contributed by atoms with van der Waals surface area (Å²) in [5, 5.41) is 2.85. The highest BCUT2D eigenvalue weighted by molar-refractivity contribution is 6.47. The second kappa shape index (κ2) is 9.60. The molecule has 0 atom stereocenters. The summed E-state index contributed by atoms with van der Waals surface area (Å²) in [6.07, 6.45) is 5.40. The largest absolute Gasteiger partial charge is 0.497 e. The van der Waals surface area contributed by atoms with Crippen LogP contribution in [0.15, 0.2) is 47.5 Å². The van der Waals surface area contributed by atoms with Gasteiger partial charge in [0.15, 0.2) is 0 Å². The molecule has 4 rings (SSSR count). The molecule has 0 aromatic heterocycles. The Morgan fingerprint density at radius 3 is 2.21 bits per heavy atom. The summed E-state index contributed by atoms with van der Waals surface area (Å²) in [4.78, 5) is 32.9. The molecule has 1 aliphatic heterocycles. The van der Waals surface area contributed by atoms with Crippen molar-refractivity contribution >= 4 is 23.2 Å². The summed E-state index contributed by atoms with van der Waals surface area (Å²) in [6, 6.07) is 10.8. The fraction of sp³-hybridized carbons (Fsp3) is 0.400. The highest BCUT2D eigenvalue weighted by Gasteiger charge is 2.47. The van der Waals surface area contributed by atoms with Crippen LogP contribution >= 0.6 is 0 Å². The fourth-order valence-corrected chi connectivity index (χ4v) is 4.55. The molecule has 1 saturated carbocycles. The normalized spacial score (nSPS) is 17.5. The van der Waals surface area contributed by atoms with Crippen LogP contribution in [0.5, 0.6) is 11.5 Å². The number of carbonyl (C=O) groups is 2. The lowest BCUT2D eigenvalue weighted by molar-refractivity contribution is -0.133. The van der Waals surface area contributed by atoms with E-state index in [-0.39, 0.29) is 29.9 Å². The van der Waals surface area contributed by atoms with Gasteiger partial charge in [-0.1, -0.05) is 12.8 Å². The number of anilines is 1. The SMILES string of the molecule is COc1cc(NC(=O)CN2C(=O)C(c3ccc(F)cc3)=NC23CCCCCC3)cc(OC)c1. The van der Waals surface area contributed by atoms with Crippen LogP contribution in [0.4, 0.5) is 10.1 Å². The molecule has 0 radical (unpaired) electrons. The summed E-state index contributed by atoms with van der Waals surface area (Å²) in [5.41, 5.74) is 0.608. The number of nitrogens with zero attached hydrogens (tertiary/aromatic N) is 2. The van der Waals surface area contributed by atoms with Crippen LogP contribution in [0, 0.1) is 5.82 Å². The van der Waals surface area contributed by atoms with E-state index in [1.54, 1.807) is 35.2 Å². The van der Waals surface area contributed by atoms with Crippen LogP contribution in [-0.4, -0.2) is 48.9 Å². The molecule has 174 valence electrons. The number of rotatable bonds is 6. The first-order valence-corrected chi connectivity index (χ1v) is 11.1. The van der Waals surface area contributed by atoms with Gasteiger partial charge < -0.3 is 19.7 Å². The molecule has 1 heterocycles. The van der Waals surface area contributed by atoms with Gasteiger partial charge in [0, 0.05) is 29.4 Å². The maximum atomic E-state index is 13.4. The van der Waals surface area contributed by atoms with Gasteiger partial charge in [0.05, 0.1) is 14.2 Å². The lowest BCUT2D eigenvalue weighted by Crippen LogP contribution is -2.50. The third-order valence-corrected chi connectivity index (χ3v) is 6.23. The monoisotopic (exact) mass is 453 g/mol. The Hall–Kier alpha value is -3.42. The molecule has 1 fully saturated rings. The number of ether oxygens (including phenoxy) is 2. The van der Waals surface area contributed by atoms with Crippen molar-refractivity contribution in [3.63, 3.8) is 0 Å². The van der Waals surface area contributed by atoms with Crippen molar-refractivity contribution in [1.82, 2.24) is 4.90 Å². The number of amides is 2. The third kappa shape index (κ3) is 4.84. The molecule has 1 aliphatic carbocycles. The molecule has 1 spiro atoms. The van der Waals surface area contributed by atoms with Gasteiger partial charge in [-0.3, -0.25) is 14.6 Å². The molecular formula is C25H28FN3O4.